The summed E-state index contributed by atoms with van der Waals surface area (Å²) in [4.78, 5) is 3.38. The molecule has 0 spiro atoms. The molecule has 2 N–H and O–H groups in total. The molecule has 0 aliphatic carbocycles. The summed E-state index contributed by atoms with van der Waals surface area (Å²) in [6.07, 6.45) is 0. The number of ether oxygens (including phenoxy) is 1. The molecule has 0 amide bonds. The van der Waals surface area contributed by atoms with E-state index in [4.69, 9.17) is 4.74 Å². The summed E-state index contributed by atoms with van der Waals surface area (Å²) in [5, 5.41) is 0. The Morgan fingerprint density at radius 1 is 0.571 bits per heavy atom. The van der Waals surface area contributed by atoms with Gasteiger partial charge in [-0.25, -0.2) is 0 Å². The van der Waals surface area contributed by atoms with Crippen molar-refractivity contribution >= 4 is 0 Å². The minimum absolute atomic E-state index is 0.624. The fourth-order valence-electron chi connectivity index (χ4n) is 3.97. The lowest BCUT2D eigenvalue weighted by atomic mass is 10.1. The van der Waals surface area contributed by atoms with Crippen LogP contribution in [0, 0.1) is 0 Å². The summed E-state index contributed by atoms with van der Waals surface area (Å²) < 4.78 is 5.99. The molecule has 3 aromatic carbocycles. The van der Waals surface area contributed by atoms with E-state index in [0.29, 0.717) is 6.61 Å². The summed E-state index contributed by atoms with van der Waals surface area (Å²) in [7, 11) is 0. The molecule has 0 saturated carbocycles. The standard InChI is InChI=1S/C25H28N2O/c1-3-8-22(9-4-1)19-26-14-16-27(17-15-26)20-24-12-7-13-25(18-24)28-21-23-10-5-2-6-11-23/h1-13,18H,14-17,19-21H2/p+2. The van der Waals surface area contributed by atoms with Crippen LogP contribution in [0.25, 0.3) is 0 Å². The Morgan fingerprint density at radius 3 is 1.75 bits per heavy atom. The van der Waals surface area contributed by atoms with E-state index in [1.54, 1.807) is 9.80 Å². The second-order valence-corrected chi connectivity index (χ2v) is 7.76. The van der Waals surface area contributed by atoms with Gasteiger partial charge in [-0.3, -0.25) is 0 Å². The first kappa shape index (κ1) is 18.7. The number of hydrogen-bond donors (Lipinski definition) is 2. The Bertz CT molecular complexity index is 843. The summed E-state index contributed by atoms with van der Waals surface area (Å²) in [6, 6.07) is 29.8. The van der Waals surface area contributed by atoms with E-state index in [-0.39, 0.29) is 0 Å². The maximum atomic E-state index is 5.99. The summed E-state index contributed by atoms with van der Waals surface area (Å²) in [5.74, 6) is 0.967. The topological polar surface area (TPSA) is 18.1 Å². The van der Waals surface area contributed by atoms with Crippen molar-refractivity contribution in [3.8, 4) is 5.75 Å². The summed E-state index contributed by atoms with van der Waals surface area (Å²) in [5.41, 5.74) is 4.02. The maximum absolute atomic E-state index is 5.99. The van der Waals surface area contributed by atoms with Crippen LogP contribution in [0.2, 0.25) is 0 Å². The molecule has 1 fully saturated rings. The molecule has 0 unspecified atom stereocenters. The predicted octanol–water partition coefficient (Wildman–Crippen LogP) is 1.75. The third-order valence-electron chi connectivity index (χ3n) is 5.56. The Kier molecular flexibility index (Phi) is 6.38. The van der Waals surface area contributed by atoms with Crippen molar-refractivity contribution in [1.29, 1.82) is 0 Å². The second kappa shape index (κ2) is 9.54. The fourth-order valence-corrected chi connectivity index (χ4v) is 3.97. The minimum atomic E-state index is 0.624. The quantitative estimate of drug-likeness (QED) is 0.645. The van der Waals surface area contributed by atoms with Crippen LogP contribution in [0.5, 0.6) is 5.75 Å². The first-order valence-electron chi connectivity index (χ1n) is 10.3. The summed E-state index contributed by atoms with van der Waals surface area (Å²) >= 11 is 0. The number of benzene rings is 3. The molecule has 1 heterocycles. The van der Waals surface area contributed by atoms with Gasteiger partial charge < -0.3 is 14.5 Å². The highest BCUT2D eigenvalue weighted by Gasteiger charge is 2.23. The number of piperazine rings is 1. The van der Waals surface area contributed by atoms with Crippen LogP contribution in [0.15, 0.2) is 84.9 Å². The van der Waals surface area contributed by atoms with Gasteiger partial charge in [-0.15, -0.1) is 0 Å². The monoisotopic (exact) mass is 374 g/mol. The van der Waals surface area contributed by atoms with Crippen molar-refractivity contribution in [2.24, 2.45) is 0 Å². The average molecular weight is 375 g/mol. The van der Waals surface area contributed by atoms with Crippen LogP contribution < -0.4 is 14.5 Å². The SMILES string of the molecule is c1ccc(COc2cccc(C[NH+]3CC[NH+](Cc4ccccc4)CC3)c2)cc1. The van der Waals surface area contributed by atoms with Gasteiger partial charge in [-0.2, -0.15) is 0 Å². The molecule has 3 nitrogen and oxygen atoms in total. The molecule has 3 heteroatoms. The van der Waals surface area contributed by atoms with Crippen molar-refractivity contribution in [1.82, 2.24) is 0 Å². The van der Waals surface area contributed by atoms with Gasteiger partial charge in [0.25, 0.3) is 0 Å². The van der Waals surface area contributed by atoms with Gasteiger partial charge in [0.05, 0.1) is 0 Å². The maximum Gasteiger partial charge on any atom is 0.127 e. The minimum Gasteiger partial charge on any atom is -0.489 e. The number of rotatable bonds is 7. The van der Waals surface area contributed by atoms with E-state index >= 15 is 0 Å². The van der Waals surface area contributed by atoms with Crippen molar-refractivity contribution in [3.05, 3.63) is 102 Å². The molecule has 1 aliphatic rings. The third kappa shape index (κ3) is 5.44. The van der Waals surface area contributed by atoms with Crippen molar-refractivity contribution in [2.75, 3.05) is 26.2 Å². The van der Waals surface area contributed by atoms with E-state index in [2.05, 4.69) is 78.9 Å². The van der Waals surface area contributed by atoms with E-state index in [1.807, 2.05) is 6.07 Å². The van der Waals surface area contributed by atoms with Crippen LogP contribution in [-0.2, 0) is 19.7 Å². The smallest absolute Gasteiger partial charge is 0.127 e. The van der Waals surface area contributed by atoms with Gasteiger partial charge in [0.15, 0.2) is 0 Å². The third-order valence-corrected chi connectivity index (χ3v) is 5.56. The molecular formula is C25H30N2O+2. The molecular weight excluding hydrogens is 344 g/mol. The van der Waals surface area contributed by atoms with Crippen LogP contribution in [0.1, 0.15) is 16.7 Å². The molecule has 1 saturated heterocycles. The van der Waals surface area contributed by atoms with E-state index in [9.17, 15) is 0 Å². The van der Waals surface area contributed by atoms with Crippen molar-refractivity contribution < 1.29 is 14.5 Å². The lowest BCUT2D eigenvalue weighted by Crippen LogP contribution is -3.27. The highest BCUT2D eigenvalue weighted by molar-refractivity contribution is 5.28. The van der Waals surface area contributed by atoms with Crippen molar-refractivity contribution in [3.63, 3.8) is 0 Å². The van der Waals surface area contributed by atoms with E-state index < -0.39 is 0 Å². The first-order valence-corrected chi connectivity index (χ1v) is 10.3. The van der Waals surface area contributed by atoms with E-state index in [1.165, 1.54) is 42.9 Å². The molecule has 0 radical (unpaired) electrons. The Morgan fingerprint density at radius 2 is 1.11 bits per heavy atom. The predicted molar refractivity (Wildman–Crippen MR) is 112 cm³/mol. The molecule has 0 atom stereocenters. The Balaban J connectivity index is 1.26. The molecule has 0 bridgehead atoms. The molecule has 3 aromatic rings. The first-order chi connectivity index (χ1) is 13.8. The molecule has 0 aromatic heterocycles. The zero-order valence-electron chi connectivity index (χ0n) is 16.4. The van der Waals surface area contributed by atoms with Crippen LogP contribution in [0.3, 0.4) is 0 Å². The lowest BCUT2D eigenvalue weighted by molar-refractivity contribution is -1.02. The van der Waals surface area contributed by atoms with Gasteiger partial charge in [-0.05, 0) is 17.7 Å². The highest BCUT2D eigenvalue weighted by atomic mass is 16.5. The van der Waals surface area contributed by atoms with Gasteiger partial charge >= 0.3 is 0 Å². The largest absolute Gasteiger partial charge is 0.489 e. The number of quaternary nitrogens is 2. The lowest BCUT2D eigenvalue weighted by Gasteiger charge is -2.29. The van der Waals surface area contributed by atoms with Crippen LogP contribution >= 0.6 is 0 Å². The van der Waals surface area contributed by atoms with Gasteiger partial charge in [-0.1, -0.05) is 72.8 Å². The summed E-state index contributed by atoms with van der Waals surface area (Å²) in [6.45, 7) is 7.81. The van der Waals surface area contributed by atoms with Gasteiger partial charge in [0.1, 0.15) is 51.6 Å². The Hall–Kier alpha value is -2.62. The Labute approximate surface area is 168 Å². The molecule has 144 valence electrons. The molecule has 28 heavy (non-hydrogen) atoms. The molecule has 4 rings (SSSR count). The van der Waals surface area contributed by atoms with Crippen LogP contribution in [-0.4, -0.2) is 26.2 Å². The van der Waals surface area contributed by atoms with E-state index in [0.717, 1.165) is 18.8 Å². The average Bonchev–Trinajstić information content (AvgIpc) is 2.76. The van der Waals surface area contributed by atoms with Crippen molar-refractivity contribution in [2.45, 2.75) is 19.7 Å². The van der Waals surface area contributed by atoms with Crippen LogP contribution in [0.4, 0.5) is 0 Å². The highest BCUT2D eigenvalue weighted by Crippen LogP contribution is 2.14. The number of hydrogen-bond acceptors (Lipinski definition) is 1. The second-order valence-electron chi connectivity index (χ2n) is 7.76. The normalized spacial score (nSPS) is 19.3. The van der Waals surface area contributed by atoms with Gasteiger partial charge in [0, 0.05) is 11.1 Å². The van der Waals surface area contributed by atoms with Gasteiger partial charge in [0.2, 0.25) is 0 Å². The zero-order chi connectivity index (χ0) is 19.0. The fraction of sp³-hybridized carbons (Fsp3) is 0.280. The zero-order valence-corrected chi connectivity index (χ0v) is 16.4. The number of nitrogens with one attached hydrogen (secondary N) is 2. The molecule has 1 aliphatic heterocycles.